The van der Waals surface area contributed by atoms with Gasteiger partial charge in [0.1, 0.15) is 11.6 Å². The Bertz CT molecular complexity index is 905. The number of hydrogen-bond donors (Lipinski definition) is 0. The fraction of sp³-hybridized carbons (Fsp3) is 0.235. The molecule has 0 aliphatic carbocycles. The average Bonchev–Trinajstić information content (AvgIpc) is 2.66. The number of nitro benzene ring substituents is 1. The van der Waals surface area contributed by atoms with Crippen molar-refractivity contribution in [2.45, 2.75) is 17.9 Å². The van der Waals surface area contributed by atoms with E-state index in [2.05, 4.69) is 0 Å². The van der Waals surface area contributed by atoms with Crippen LogP contribution in [-0.2, 0) is 20.5 Å². The number of benzene rings is 2. The molecule has 1 aliphatic heterocycles. The number of carbonyl (C=O) groups is 1. The molecule has 10 heteroatoms. The van der Waals surface area contributed by atoms with E-state index in [0.717, 1.165) is 12.1 Å². The zero-order chi connectivity index (χ0) is 19.6. The molecule has 2 aromatic carbocycles. The van der Waals surface area contributed by atoms with Crippen LogP contribution in [0.25, 0.3) is 0 Å². The number of non-ortho nitro benzene ring substituents is 1. The van der Waals surface area contributed by atoms with Gasteiger partial charge in [-0.25, -0.2) is 13.4 Å². The van der Waals surface area contributed by atoms with Crippen LogP contribution < -0.4 is 9.04 Å². The minimum atomic E-state index is -1.85. The highest BCUT2D eigenvalue weighted by Gasteiger charge is 2.36. The fourth-order valence-electron chi connectivity index (χ4n) is 2.55. The van der Waals surface area contributed by atoms with Gasteiger partial charge in [-0.3, -0.25) is 14.4 Å². The van der Waals surface area contributed by atoms with Crippen LogP contribution in [0.4, 0.5) is 15.8 Å². The lowest BCUT2D eigenvalue weighted by molar-refractivity contribution is -0.384. The van der Waals surface area contributed by atoms with Gasteiger partial charge in [0, 0.05) is 12.1 Å². The van der Waals surface area contributed by atoms with Crippen molar-refractivity contribution < 1.29 is 27.8 Å². The van der Waals surface area contributed by atoms with E-state index < -0.39 is 33.8 Å². The van der Waals surface area contributed by atoms with Crippen LogP contribution in [0.3, 0.4) is 0 Å². The van der Waals surface area contributed by atoms with Crippen molar-refractivity contribution in [3.63, 3.8) is 0 Å². The van der Waals surface area contributed by atoms with Crippen LogP contribution in [0.15, 0.2) is 47.4 Å². The molecule has 0 radical (unpaired) electrons. The first kappa shape index (κ1) is 18.8. The molecule has 2 atom stereocenters. The Morgan fingerprint density at radius 1 is 1.37 bits per heavy atom. The monoisotopic (exact) mass is 394 g/mol. The van der Waals surface area contributed by atoms with Gasteiger partial charge in [0.2, 0.25) is 6.10 Å². The van der Waals surface area contributed by atoms with Gasteiger partial charge in [-0.2, -0.15) is 0 Å². The predicted molar refractivity (Wildman–Crippen MR) is 94.3 cm³/mol. The summed E-state index contributed by atoms with van der Waals surface area (Å²) in [6.45, 7) is 1.65. The van der Waals surface area contributed by atoms with Gasteiger partial charge in [-0.05, 0) is 37.3 Å². The SMILES string of the molecule is CCOC(=O)C1CN(S(=O)c2ccc(F)cc2)c2cc([N+](=O)[O-])ccc2O1. The average molecular weight is 394 g/mol. The molecule has 0 bridgehead atoms. The summed E-state index contributed by atoms with van der Waals surface area (Å²) >= 11 is 0. The molecule has 0 saturated heterocycles. The number of halogens is 1. The quantitative estimate of drug-likeness (QED) is 0.439. The molecule has 8 nitrogen and oxygen atoms in total. The van der Waals surface area contributed by atoms with Crippen molar-refractivity contribution in [1.82, 2.24) is 0 Å². The minimum absolute atomic E-state index is 0.142. The van der Waals surface area contributed by atoms with E-state index in [9.17, 15) is 23.5 Å². The Kier molecular flexibility index (Phi) is 5.36. The van der Waals surface area contributed by atoms with Crippen molar-refractivity contribution in [3.8, 4) is 5.75 Å². The Hall–Kier alpha value is -3.01. The normalized spacial score (nSPS) is 16.8. The second-order valence-corrected chi connectivity index (χ2v) is 6.94. The lowest BCUT2D eigenvalue weighted by atomic mass is 10.2. The van der Waals surface area contributed by atoms with E-state index in [4.69, 9.17) is 9.47 Å². The van der Waals surface area contributed by atoms with Crippen LogP contribution in [0.5, 0.6) is 5.75 Å². The third-order valence-electron chi connectivity index (χ3n) is 3.79. The summed E-state index contributed by atoms with van der Waals surface area (Å²) in [5.74, 6) is -0.957. The number of nitrogens with zero attached hydrogens (tertiary/aromatic N) is 2. The van der Waals surface area contributed by atoms with Gasteiger partial charge in [0.25, 0.3) is 5.69 Å². The molecule has 142 valence electrons. The molecule has 1 aliphatic rings. The molecule has 0 N–H and O–H groups in total. The van der Waals surface area contributed by atoms with Crippen molar-refractivity contribution in [2.24, 2.45) is 0 Å². The molecule has 3 rings (SSSR count). The molecule has 0 amide bonds. The first-order valence-electron chi connectivity index (χ1n) is 7.97. The maximum atomic E-state index is 13.2. The number of anilines is 1. The topological polar surface area (TPSA) is 99.0 Å². The number of rotatable bonds is 5. The van der Waals surface area contributed by atoms with Gasteiger partial charge in [-0.15, -0.1) is 0 Å². The van der Waals surface area contributed by atoms with Crippen molar-refractivity contribution in [2.75, 3.05) is 17.5 Å². The molecule has 0 saturated carbocycles. The van der Waals surface area contributed by atoms with E-state index in [-0.39, 0.29) is 35.2 Å². The third kappa shape index (κ3) is 3.90. The molecule has 2 aromatic rings. The molecule has 27 heavy (non-hydrogen) atoms. The van der Waals surface area contributed by atoms with Crippen LogP contribution >= 0.6 is 0 Å². The predicted octanol–water partition coefficient (Wildman–Crippen LogP) is 2.59. The van der Waals surface area contributed by atoms with Gasteiger partial charge >= 0.3 is 5.97 Å². The maximum Gasteiger partial charge on any atom is 0.349 e. The van der Waals surface area contributed by atoms with E-state index in [0.29, 0.717) is 0 Å². The second kappa shape index (κ2) is 7.70. The number of carbonyl (C=O) groups excluding carboxylic acids is 1. The fourth-order valence-corrected chi connectivity index (χ4v) is 3.76. The van der Waals surface area contributed by atoms with Crippen LogP contribution in [-0.4, -0.2) is 34.4 Å². The van der Waals surface area contributed by atoms with Crippen molar-refractivity contribution in [3.05, 3.63) is 58.4 Å². The van der Waals surface area contributed by atoms with E-state index in [1.54, 1.807) is 6.92 Å². The number of nitro groups is 1. The lowest BCUT2D eigenvalue weighted by Crippen LogP contribution is -2.46. The van der Waals surface area contributed by atoms with Gasteiger partial charge in [0.05, 0.1) is 28.7 Å². The first-order valence-corrected chi connectivity index (χ1v) is 9.08. The van der Waals surface area contributed by atoms with Crippen molar-refractivity contribution in [1.29, 1.82) is 0 Å². The minimum Gasteiger partial charge on any atom is -0.475 e. The summed E-state index contributed by atoms with van der Waals surface area (Å²) < 4.78 is 38.0. The zero-order valence-corrected chi connectivity index (χ0v) is 15.0. The Balaban J connectivity index is 2.02. The third-order valence-corrected chi connectivity index (χ3v) is 5.21. The molecule has 0 spiro atoms. The van der Waals surface area contributed by atoms with Crippen LogP contribution in [0.2, 0.25) is 0 Å². The molecule has 1 heterocycles. The molecular formula is C17H15FN2O6S. The largest absolute Gasteiger partial charge is 0.475 e. The van der Waals surface area contributed by atoms with E-state index >= 15 is 0 Å². The maximum absolute atomic E-state index is 13.2. The number of ether oxygens (including phenoxy) is 2. The summed E-state index contributed by atoms with van der Waals surface area (Å²) in [4.78, 5) is 22.9. The Labute approximate surface area is 156 Å². The van der Waals surface area contributed by atoms with Gasteiger partial charge < -0.3 is 9.47 Å². The highest BCUT2D eigenvalue weighted by Crippen LogP contribution is 2.38. The standard InChI is InChI=1S/C17H15FN2O6S/c1-2-25-17(21)16-10-19(27(24)13-6-3-11(18)4-7-13)14-9-12(20(22)23)5-8-15(14)26-16/h3-9,16H,2,10H2,1H3. The zero-order valence-electron chi connectivity index (χ0n) is 14.2. The summed E-state index contributed by atoms with van der Waals surface area (Å²) in [5, 5.41) is 11.1. The number of esters is 1. The molecule has 2 unspecified atom stereocenters. The van der Waals surface area contributed by atoms with E-state index in [1.165, 1.54) is 34.6 Å². The second-order valence-electron chi connectivity index (χ2n) is 5.53. The molecule has 0 fully saturated rings. The first-order chi connectivity index (χ1) is 12.9. The smallest absolute Gasteiger partial charge is 0.349 e. The summed E-state index contributed by atoms with van der Waals surface area (Å²) in [6, 6.07) is 8.79. The highest BCUT2D eigenvalue weighted by molar-refractivity contribution is 7.86. The summed E-state index contributed by atoms with van der Waals surface area (Å²) in [5.41, 5.74) is -0.0135. The molecular weight excluding hydrogens is 379 g/mol. The summed E-state index contributed by atoms with van der Waals surface area (Å²) in [6.07, 6.45) is -1.05. The number of hydrogen-bond acceptors (Lipinski definition) is 6. The summed E-state index contributed by atoms with van der Waals surface area (Å²) in [7, 11) is -1.85. The Morgan fingerprint density at radius 3 is 2.70 bits per heavy atom. The number of fused-ring (bicyclic) bond motifs is 1. The molecule has 0 aromatic heterocycles. The van der Waals surface area contributed by atoms with Crippen LogP contribution in [0, 0.1) is 15.9 Å². The van der Waals surface area contributed by atoms with Crippen LogP contribution in [0.1, 0.15) is 6.92 Å². The highest BCUT2D eigenvalue weighted by atomic mass is 32.2. The lowest BCUT2D eigenvalue weighted by Gasteiger charge is -2.33. The van der Waals surface area contributed by atoms with E-state index in [1.807, 2.05) is 0 Å². The van der Waals surface area contributed by atoms with Gasteiger partial charge in [0.15, 0.2) is 11.0 Å². The van der Waals surface area contributed by atoms with Gasteiger partial charge in [-0.1, -0.05) is 0 Å². The van der Waals surface area contributed by atoms with Crippen molar-refractivity contribution >= 4 is 28.3 Å². The Morgan fingerprint density at radius 2 is 2.07 bits per heavy atom.